The molecule has 6 heteroatoms. The summed E-state index contributed by atoms with van der Waals surface area (Å²) in [5.41, 5.74) is 8.64. The second-order valence-corrected chi connectivity index (χ2v) is 6.57. The van der Waals surface area contributed by atoms with Gasteiger partial charge in [-0.05, 0) is 32.9 Å². The Labute approximate surface area is 141 Å². The second kappa shape index (κ2) is 8.17. The minimum Gasteiger partial charge on any atom is -0.340 e. The molecular weight excluding hydrogens is 308 g/mol. The molecule has 0 aliphatic heterocycles. The number of rotatable bonds is 7. The Hall–Kier alpha value is -1.79. The van der Waals surface area contributed by atoms with Crippen molar-refractivity contribution in [1.82, 2.24) is 15.1 Å². The van der Waals surface area contributed by atoms with Gasteiger partial charge in [-0.15, -0.1) is 11.8 Å². The van der Waals surface area contributed by atoms with Gasteiger partial charge in [-0.2, -0.15) is 5.10 Å². The summed E-state index contributed by atoms with van der Waals surface area (Å²) in [6, 6.07) is 9.53. The molecule has 1 aromatic heterocycles. The van der Waals surface area contributed by atoms with Crippen LogP contribution >= 0.6 is 11.8 Å². The smallest absolute Gasteiger partial charge is 0.244 e. The number of H-pyrrole nitrogens is 1. The van der Waals surface area contributed by atoms with E-state index in [0.717, 1.165) is 22.7 Å². The molecule has 0 saturated heterocycles. The zero-order chi connectivity index (χ0) is 16.8. The molecular formula is C17H24N4OS. The maximum atomic E-state index is 12.7. The molecule has 1 heterocycles. The SMILES string of the molecule is CCN(CCSc1ccccc1)C(=O)[C@H](N)c1c(C)n[nH]c1C. The third-order valence-electron chi connectivity index (χ3n) is 3.83. The molecule has 1 aromatic carbocycles. The number of carbonyl (C=O) groups excluding carboxylic acids is 1. The van der Waals surface area contributed by atoms with Gasteiger partial charge in [0.25, 0.3) is 0 Å². The van der Waals surface area contributed by atoms with Crippen LogP contribution in [0.2, 0.25) is 0 Å². The van der Waals surface area contributed by atoms with E-state index in [1.54, 1.807) is 11.8 Å². The van der Waals surface area contributed by atoms with Crippen LogP contribution in [-0.2, 0) is 4.79 Å². The van der Waals surface area contributed by atoms with E-state index in [1.807, 2.05) is 43.9 Å². The Morgan fingerprint density at radius 3 is 2.61 bits per heavy atom. The van der Waals surface area contributed by atoms with Gasteiger partial charge in [0, 0.05) is 35.0 Å². The zero-order valence-electron chi connectivity index (χ0n) is 13.9. The van der Waals surface area contributed by atoms with Gasteiger partial charge in [0.1, 0.15) is 6.04 Å². The number of thioether (sulfide) groups is 1. The van der Waals surface area contributed by atoms with Crippen molar-refractivity contribution in [2.75, 3.05) is 18.8 Å². The van der Waals surface area contributed by atoms with E-state index >= 15 is 0 Å². The molecule has 5 nitrogen and oxygen atoms in total. The summed E-state index contributed by atoms with van der Waals surface area (Å²) in [7, 11) is 0. The topological polar surface area (TPSA) is 75.0 Å². The van der Waals surface area contributed by atoms with E-state index in [-0.39, 0.29) is 5.91 Å². The van der Waals surface area contributed by atoms with Crippen molar-refractivity contribution < 1.29 is 4.79 Å². The number of carbonyl (C=O) groups is 1. The van der Waals surface area contributed by atoms with Crippen LogP contribution in [0.5, 0.6) is 0 Å². The third-order valence-corrected chi connectivity index (χ3v) is 4.82. The fourth-order valence-corrected chi connectivity index (χ4v) is 3.45. The molecule has 0 unspecified atom stereocenters. The summed E-state index contributed by atoms with van der Waals surface area (Å²) in [4.78, 5) is 15.7. The summed E-state index contributed by atoms with van der Waals surface area (Å²) in [6.07, 6.45) is 0. The molecule has 0 radical (unpaired) electrons. The summed E-state index contributed by atoms with van der Waals surface area (Å²) < 4.78 is 0. The number of aromatic nitrogens is 2. The molecule has 0 spiro atoms. The first kappa shape index (κ1) is 17.6. The number of amides is 1. The highest BCUT2D eigenvalue weighted by Gasteiger charge is 2.25. The van der Waals surface area contributed by atoms with Crippen LogP contribution in [0.3, 0.4) is 0 Å². The van der Waals surface area contributed by atoms with Gasteiger partial charge in [0.05, 0.1) is 5.69 Å². The summed E-state index contributed by atoms with van der Waals surface area (Å²) in [5, 5.41) is 7.02. The monoisotopic (exact) mass is 332 g/mol. The fraction of sp³-hybridized carbons (Fsp3) is 0.412. The lowest BCUT2D eigenvalue weighted by atomic mass is 10.0. The number of nitrogens with zero attached hydrogens (tertiary/aromatic N) is 2. The zero-order valence-corrected chi connectivity index (χ0v) is 14.7. The first-order valence-corrected chi connectivity index (χ1v) is 8.76. The van der Waals surface area contributed by atoms with Crippen LogP contribution in [0, 0.1) is 13.8 Å². The first-order chi connectivity index (χ1) is 11.0. The average Bonchev–Trinajstić information content (AvgIpc) is 2.90. The molecule has 1 amide bonds. The molecule has 124 valence electrons. The first-order valence-electron chi connectivity index (χ1n) is 7.78. The number of aryl methyl sites for hydroxylation is 2. The van der Waals surface area contributed by atoms with Crippen LogP contribution < -0.4 is 5.73 Å². The lowest BCUT2D eigenvalue weighted by molar-refractivity contribution is -0.132. The molecule has 23 heavy (non-hydrogen) atoms. The molecule has 0 fully saturated rings. The van der Waals surface area contributed by atoms with Crippen molar-refractivity contribution in [3.05, 3.63) is 47.3 Å². The van der Waals surface area contributed by atoms with E-state index < -0.39 is 6.04 Å². The highest BCUT2D eigenvalue weighted by Crippen LogP contribution is 2.21. The summed E-state index contributed by atoms with van der Waals surface area (Å²) in [6.45, 7) is 7.07. The molecule has 0 bridgehead atoms. The van der Waals surface area contributed by atoms with Gasteiger partial charge in [-0.3, -0.25) is 9.89 Å². The van der Waals surface area contributed by atoms with E-state index in [2.05, 4.69) is 22.3 Å². The largest absolute Gasteiger partial charge is 0.340 e. The molecule has 0 saturated carbocycles. The van der Waals surface area contributed by atoms with Crippen molar-refractivity contribution in [3.63, 3.8) is 0 Å². The van der Waals surface area contributed by atoms with Crippen molar-refractivity contribution in [2.24, 2.45) is 5.73 Å². The van der Waals surface area contributed by atoms with Crippen molar-refractivity contribution in [3.8, 4) is 0 Å². The van der Waals surface area contributed by atoms with E-state index in [1.165, 1.54) is 4.90 Å². The Bertz CT molecular complexity index is 622. The van der Waals surface area contributed by atoms with E-state index in [0.29, 0.717) is 13.1 Å². The van der Waals surface area contributed by atoms with Crippen molar-refractivity contribution in [1.29, 1.82) is 0 Å². The van der Waals surface area contributed by atoms with Crippen molar-refractivity contribution in [2.45, 2.75) is 31.7 Å². The fourth-order valence-electron chi connectivity index (χ4n) is 2.55. The van der Waals surface area contributed by atoms with Gasteiger partial charge in [0.2, 0.25) is 5.91 Å². The minimum absolute atomic E-state index is 0.0474. The van der Waals surface area contributed by atoms with Crippen LogP contribution in [0.4, 0.5) is 0 Å². The molecule has 2 aromatic rings. The lowest BCUT2D eigenvalue weighted by Gasteiger charge is -2.24. The number of nitrogens with two attached hydrogens (primary N) is 1. The molecule has 0 aliphatic rings. The van der Waals surface area contributed by atoms with Gasteiger partial charge < -0.3 is 10.6 Å². The Balaban J connectivity index is 1.95. The van der Waals surface area contributed by atoms with E-state index in [4.69, 9.17) is 5.73 Å². The van der Waals surface area contributed by atoms with Crippen LogP contribution in [0.1, 0.15) is 29.9 Å². The molecule has 0 aliphatic carbocycles. The summed E-state index contributed by atoms with van der Waals surface area (Å²) >= 11 is 1.74. The Morgan fingerprint density at radius 2 is 2.04 bits per heavy atom. The van der Waals surface area contributed by atoms with Crippen LogP contribution in [0.25, 0.3) is 0 Å². The quantitative estimate of drug-likeness (QED) is 0.764. The molecule has 3 N–H and O–H groups in total. The standard InChI is InChI=1S/C17H24N4OS/c1-4-21(10-11-23-14-8-6-5-7-9-14)17(22)16(18)15-12(2)19-20-13(15)3/h5-9,16H,4,10-11,18H2,1-3H3,(H,19,20)/t16-/m1/s1. The van der Waals surface area contributed by atoms with Crippen LogP contribution in [-0.4, -0.2) is 39.8 Å². The maximum absolute atomic E-state index is 12.7. The number of likely N-dealkylation sites (N-methyl/N-ethyl adjacent to an activating group) is 1. The predicted molar refractivity (Wildman–Crippen MR) is 94.4 cm³/mol. The highest BCUT2D eigenvalue weighted by atomic mass is 32.2. The number of hydrogen-bond acceptors (Lipinski definition) is 4. The Morgan fingerprint density at radius 1 is 1.35 bits per heavy atom. The number of hydrogen-bond donors (Lipinski definition) is 2. The van der Waals surface area contributed by atoms with Gasteiger partial charge in [0.15, 0.2) is 0 Å². The van der Waals surface area contributed by atoms with E-state index in [9.17, 15) is 4.79 Å². The molecule has 1 atom stereocenters. The van der Waals surface area contributed by atoms with Gasteiger partial charge in [-0.25, -0.2) is 0 Å². The highest BCUT2D eigenvalue weighted by molar-refractivity contribution is 7.99. The minimum atomic E-state index is -0.657. The van der Waals surface area contributed by atoms with Crippen LogP contribution in [0.15, 0.2) is 35.2 Å². The number of aromatic amines is 1. The van der Waals surface area contributed by atoms with Gasteiger partial charge in [-0.1, -0.05) is 18.2 Å². The number of nitrogens with one attached hydrogen (secondary N) is 1. The Kier molecular flexibility index (Phi) is 6.24. The molecule has 2 rings (SSSR count). The predicted octanol–water partition coefficient (Wildman–Crippen LogP) is 2.67. The second-order valence-electron chi connectivity index (χ2n) is 5.40. The lowest BCUT2D eigenvalue weighted by Crippen LogP contribution is -2.40. The average molecular weight is 332 g/mol. The maximum Gasteiger partial charge on any atom is 0.244 e. The summed E-state index contributed by atoms with van der Waals surface area (Å²) in [5.74, 6) is 0.799. The van der Waals surface area contributed by atoms with Crippen molar-refractivity contribution >= 4 is 17.7 Å². The third kappa shape index (κ3) is 4.36. The normalized spacial score (nSPS) is 12.2. The van der Waals surface area contributed by atoms with Gasteiger partial charge >= 0.3 is 0 Å². The number of benzene rings is 1.